The lowest BCUT2D eigenvalue weighted by atomic mass is 10.2. The van der Waals surface area contributed by atoms with Crippen molar-refractivity contribution in [3.8, 4) is 0 Å². The monoisotopic (exact) mass is 338 g/mol. The van der Waals surface area contributed by atoms with Crippen LogP contribution in [-0.4, -0.2) is 24.8 Å². The van der Waals surface area contributed by atoms with Crippen molar-refractivity contribution in [2.45, 2.75) is 32.5 Å². The first kappa shape index (κ1) is 18.4. The van der Waals surface area contributed by atoms with Gasteiger partial charge >= 0.3 is 12.3 Å². The highest BCUT2D eigenvalue weighted by molar-refractivity contribution is 6.33. The lowest BCUT2D eigenvalue weighted by Crippen LogP contribution is -2.35. The van der Waals surface area contributed by atoms with E-state index in [1.165, 1.54) is 6.07 Å². The first-order valence-electron chi connectivity index (χ1n) is 6.56. The summed E-state index contributed by atoms with van der Waals surface area (Å²) < 4.78 is 42.8. The Morgan fingerprint density at radius 3 is 2.41 bits per heavy atom. The number of hydrogen-bond acceptors (Lipinski definition) is 3. The molecule has 8 heteroatoms. The maximum atomic E-state index is 12.6. The first-order valence-corrected chi connectivity index (χ1v) is 6.94. The van der Waals surface area contributed by atoms with Gasteiger partial charge in [-0.2, -0.15) is 13.2 Å². The molecular weight excluding hydrogens is 321 g/mol. The minimum Gasteiger partial charge on any atom is -0.444 e. The molecule has 124 valence electrons. The fourth-order valence-corrected chi connectivity index (χ4v) is 1.70. The normalized spacial score (nSPS) is 12.0. The van der Waals surface area contributed by atoms with Crippen LogP contribution in [0.4, 0.5) is 23.7 Å². The molecule has 0 fully saturated rings. The molecule has 1 aromatic rings. The molecule has 0 saturated carbocycles. The number of nitrogens with one attached hydrogen (secondary N) is 2. The van der Waals surface area contributed by atoms with E-state index in [1.807, 2.05) is 0 Å². The predicted molar refractivity (Wildman–Crippen MR) is 79.2 cm³/mol. The minimum absolute atomic E-state index is 0.155. The molecule has 0 radical (unpaired) electrons. The third-order valence-electron chi connectivity index (χ3n) is 2.40. The Bertz CT molecular complexity index is 528. The van der Waals surface area contributed by atoms with Crippen molar-refractivity contribution in [3.63, 3.8) is 0 Å². The molecule has 0 saturated heterocycles. The highest BCUT2D eigenvalue weighted by Gasteiger charge is 2.30. The fraction of sp³-hybridized carbons (Fsp3) is 0.500. The summed E-state index contributed by atoms with van der Waals surface area (Å²) in [5.74, 6) is 0. The van der Waals surface area contributed by atoms with Crippen LogP contribution in [0, 0.1) is 0 Å². The van der Waals surface area contributed by atoms with Crippen LogP contribution in [0.25, 0.3) is 0 Å². The molecule has 0 unspecified atom stereocenters. The summed E-state index contributed by atoms with van der Waals surface area (Å²) in [7, 11) is 0. The third kappa shape index (κ3) is 6.43. The van der Waals surface area contributed by atoms with Crippen LogP contribution in [0.3, 0.4) is 0 Å². The number of carbonyl (C=O) groups excluding carboxylic acids is 1. The summed E-state index contributed by atoms with van der Waals surface area (Å²) in [6, 6.07) is 3.01. The van der Waals surface area contributed by atoms with E-state index in [2.05, 4.69) is 10.6 Å². The van der Waals surface area contributed by atoms with Crippen LogP contribution in [-0.2, 0) is 10.9 Å². The molecule has 2 N–H and O–H groups in total. The summed E-state index contributed by atoms with van der Waals surface area (Å²) in [6.07, 6.45) is -5.03. The average Bonchev–Trinajstić information content (AvgIpc) is 2.33. The van der Waals surface area contributed by atoms with Gasteiger partial charge in [-0.1, -0.05) is 11.6 Å². The van der Waals surface area contributed by atoms with Crippen molar-refractivity contribution in [3.05, 3.63) is 28.8 Å². The number of carbonyl (C=O) groups is 1. The van der Waals surface area contributed by atoms with Crippen molar-refractivity contribution in [2.75, 3.05) is 18.4 Å². The smallest absolute Gasteiger partial charge is 0.416 e. The molecule has 0 atom stereocenters. The maximum absolute atomic E-state index is 12.6. The summed E-state index contributed by atoms with van der Waals surface area (Å²) in [5, 5.41) is 5.40. The predicted octanol–water partition coefficient (Wildman–Crippen LogP) is 4.30. The number of alkyl carbamates (subject to hydrolysis) is 1. The van der Waals surface area contributed by atoms with E-state index in [-0.39, 0.29) is 23.8 Å². The second-order valence-corrected chi connectivity index (χ2v) is 5.96. The van der Waals surface area contributed by atoms with Crippen LogP contribution < -0.4 is 10.6 Å². The quantitative estimate of drug-likeness (QED) is 0.805. The van der Waals surface area contributed by atoms with Crippen LogP contribution in [0.1, 0.15) is 26.3 Å². The molecule has 4 nitrogen and oxygen atoms in total. The van der Waals surface area contributed by atoms with E-state index in [4.69, 9.17) is 16.3 Å². The van der Waals surface area contributed by atoms with Crippen molar-refractivity contribution < 1.29 is 22.7 Å². The Morgan fingerprint density at radius 1 is 1.23 bits per heavy atom. The fourth-order valence-electron chi connectivity index (χ4n) is 1.51. The van der Waals surface area contributed by atoms with Gasteiger partial charge in [-0.3, -0.25) is 0 Å². The molecule has 0 aliphatic rings. The van der Waals surface area contributed by atoms with Crippen molar-refractivity contribution in [2.24, 2.45) is 0 Å². The minimum atomic E-state index is -4.43. The van der Waals surface area contributed by atoms with E-state index in [0.29, 0.717) is 0 Å². The molecule has 0 bridgehead atoms. The number of anilines is 1. The molecule has 22 heavy (non-hydrogen) atoms. The second-order valence-electron chi connectivity index (χ2n) is 5.55. The number of benzene rings is 1. The summed E-state index contributed by atoms with van der Waals surface area (Å²) in [4.78, 5) is 11.4. The van der Waals surface area contributed by atoms with Crippen LogP contribution in [0.15, 0.2) is 18.2 Å². The zero-order valence-corrected chi connectivity index (χ0v) is 13.2. The third-order valence-corrected chi connectivity index (χ3v) is 2.73. The standard InChI is InChI=1S/C14H18ClF3N2O2/c1-13(2,3)22-12(21)20-7-6-19-11-8-9(14(16,17)18)4-5-10(11)15/h4-5,8,19H,6-7H2,1-3H3,(H,20,21). The largest absolute Gasteiger partial charge is 0.444 e. The highest BCUT2D eigenvalue weighted by Crippen LogP contribution is 2.33. The van der Waals surface area contributed by atoms with Gasteiger partial charge in [-0.15, -0.1) is 0 Å². The van der Waals surface area contributed by atoms with Crippen molar-refractivity contribution in [1.29, 1.82) is 0 Å². The summed E-state index contributed by atoms with van der Waals surface area (Å²) in [6.45, 7) is 5.58. The molecule has 1 rings (SSSR count). The molecular formula is C14H18ClF3N2O2. The number of ether oxygens (including phenoxy) is 1. The Labute approximate surface area is 132 Å². The van der Waals surface area contributed by atoms with E-state index >= 15 is 0 Å². The summed E-state index contributed by atoms with van der Waals surface area (Å²) >= 11 is 5.83. The topological polar surface area (TPSA) is 50.4 Å². The number of rotatable bonds is 4. The Hall–Kier alpha value is -1.63. The lowest BCUT2D eigenvalue weighted by molar-refractivity contribution is -0.137. The summed E-state index contributed by atoms with van der Waals surface area (Å²) in [5.41, 5.74) is -1.25. The van der Waals surface area contributed by atoms with Crippen LogP contribution >= 0.6 is 11.6 Å². The number of amides is 1. The average molecular weight is 339 g/mol. The van der Waals surface area contributed by atoms with Gasteiger partial charge in [-0.25, -0.2) is 4.79 Å². The SMILES string of the molecule is CC(C)(C)OC(=O)NCCNc1cc(C(F)(F)F)ccc1Cl. The maximum Gasteiger partial charge on any atom is 0.416 e. The van der Waals surface area contributed by atoms with Gasteiger partial charge in [0.1, 0.15) is 5.60 Å². The Kier molecular flexibility index (Phi) is 5.93. The van der Waals surface area contributed by atoms with Crippen LogP contribution in [0.2, 0.25) is 5.02 Å². The zero-order chi connectivity index (χ0) is 17.0. The van der Waals surface area contributed by atoms with Crippen molar-refractivity contribution in [1.82, 2.24) is 5.32 Å². The Balaban J connectivity index is 2.50. The molecule has 0 spiro atoms. The van der Waals surface area contributed by atoms with Gasteiger partial charge in [0.2, 0.25) is 0 Å². The molecule has 0 heterocycles. The van der Waals surface area contributed by atoms with Gasteiger partial charge in [0.15, 0.2) is 0 Å². The molecule has 1 aromatic carbocycles. The van der Waals surface area contributed by atoms with Crippen LogP contribution in [0.5, 0.6) is 0 Å². The number of alkyl halides is 3. The van der Waals surface area contributed by atoms with Gasteiger partial charge < -0.3 is 15.4 Å². The Morgan fingerprint density at radius 2 is 1.86 bits per heavy atom. The van der Waals surface area contributed by atoms with Crippen molar-refractivity contribution >= 4 is 23.4 Å². The van der Waals surface area contributed by atoms with Gasteiger partial charge in [0.05, 0.1) is 16.3 Å². The first-order chi connectivity index (χ1) is 9.99. The number of hydrogen-bond donors (Lipinski definition) is 2. The van der Waals surface area contributed by atoms with E-state index in [0.717, 1.165) is 12.1 Å². The van der Waals surface area contributed by atoms with Gasteiger partial charge in [0.25, 0.3) is 0 Å². The lowest BCUT2D eigenvalue weighted by Gasteiger charge is -2.19. The molecule has 0 aromatic heterocycles. The van der Waals surface area contributed by atoms with Gasteiger partial charge in [0, 0.05) is 13.1 Å². The molecule has 1 amide bonds. The van der Waals surface area contributed by atoms with E-state index < -0.39 is 23.4 Å². The number of halogens is 4. The molecule has 0 aliphatic heterocycles. The van der Waals surface area contributed by atoms with E-state index in [1.54, 1.807) is 20.8 Å². The van der Waals surface area contributed by atoms with E-state index in [9.17, 15) is 18.0 Å². The highest BCUT2D eigenvalue weighted by atomic mass is 35.5. The zero-order valence-electron chi connectivity index (χ0n) is 12.5. The van der Waals surface area contributed by atoms with Gasteiger partial charge in [-0.05, 0) is 39.0 Å². The second kappa shape index (κ2) is 7.09. The molecule has 0 aliphatic carbocycles.